The topological polar surface area (TPSA) is 21.3 Å². The van der Waals surface area contributed by atoms with Crippen molar-refractivity contribution in [1.82, 2.24) is 5.32 Å². The molecule has 0 saturated heterocycles. The molecule has 2 aromatic rings. The molecule has 112 valence electrons. The molecule has 0 amide bonds. The first-order valence-corrected chi connectivity index (χ1v) is 7.04. The lowest BCUT2D eigenvalue weighted by Crippen LogP contribution is -2.17. The van der Waals surface area contributed by atoms with Crippen LogP contribution in [0.4, 0.5) is 8.78 Å². The van der Waals surface area contributed by atoms with Gasteiger partial charge in [-0.2, -0.15) is 0 Å². The van der Waals surface area contributed by atoms with Crippen LogP contribution in [0.15, 0.2) is 36.4 Å². The number of hydrogen-bond donors (Lipinski definition) is 1. The van der Waals surface area contributed by atoms with Crippen LogP contribution in [0.1, 0.15) is 25.5 Å². The van der Waals surface area contributed by atoms with E-state index >= 15 is 0 Å². The molecule has 0 bridgehead atoms. The van der Waals surface area contributed by atoms with Crippen molar-refractivity contribution in [3.63, 3.8) is 0 Å². The molecule has 5 heteroatoms. The van der Waals surface area contributed by atoms with Gasteiger partial charge in [-0.3, -0.25) is 0 Å². The Hall–Kier alpha value is -1.65. The molecule has 0 saturated carbocycles. The highest BCUT2D eigenvalue weighted by atomic mass is 35.5. The van der Waals surface area contributed by atoms with E-state index in [4.69, 9.17) is 16.3 Å². The van der Waals surface area contributed by atoms with Crippen LogP contribution >= 0.6 is 11.6 Å². The normalized spacial score (nSPS) is 12.2. The summed E-state index contributed by atoms with van der Waals surface area (Å²) in [6, 6.07) is 8.33. The van der Waals surface area contributed by atoms with Crippen molar-refractivity contribution < 1.29 is 13.5 Å². The van der Waals surface area contributed by atoms with Gasteiger partial charge in [0, 0.05) is 29.3 Å². The predicted molar refractivity (Wildman–Crippen MR) is 80.0 cm³/mol. The Morgan fingerprint density at radius 2 is 1.76 bits per heavy atom. The number of hydrogen-bond acceptors (Lipinski definition) is 2. The van der Waals surface area contributed by atoms with Crippen LogP contribution in [0.25, 0.3) is 0 Å². The summed E-state index contributed by atoms with van der Waals surface area (Å²) < 4.78 is 31.7. The van der Waals surface area contributed by atoms with Crippen LogP contribution in [0.5, 0.6) is 11.5 Å². The Bertz CT molecular complexity index is 613. The molecule has 2 aromatic carbocycles. The average Bonchev–Trinajstić information content (AvgIpc) is 2.37. The van der Waals surface area contributed by atoms with Crippen molar-refractivity contribution in [3.8, 4) is 11.5 Å². The highest BCUT2D eigenvalue weighted by Crippen LogP contribution is 2.30. The van der Waals surface area contributed by atoms with Crippen LogP contribution in [-0.4, -0.2) is 6.54 Å². The van der Waals surface area contributed by atoms with Crippen LogP contribution in [0.2, 0.25) is 5.02 Å². The molecule has 0 aromatic heterocycles. The molecule has 0 spiro atoms. The molecule has 1 N–H and O–H groups in total. The zero-order valence-electron chi connectivity index (χ0n) is 11.8. The molecule has 0 radical (unpaired) electrons. The maximum Gasteiger partial charge on any atom is 0.133 e. The molecule has 2 nitrogen and oxygen atoms in total. The van der Waals surface area contributed by atoms with Crippen molar-refractivity contribution in [3.05, 3.63) is 58.6 Å². The fourth-order valence-corrected chi connectivity index (χ4v) is 2.40. The van der Waals surface area contributed by atoms with Crippen LogP contribution in [0, 0.1) is 11.6 Å². The average molecular weight is 312 g/mol. The second kappa shape index (κ2) is 6.87. The Labute approximate surface area is 127 Å². The quantitative estimate of drug-likeness (QED) is 0.831. The van der Waals surface area contributed by atoms with Gasteiger partial charge >= 0.3 is 0 Å². The molecule has 0 aliphatic rings. The van der Waals surface area contributed by atoms with Crippen molar-refractivity contribution >= 4 is 11.6 Å². The van der Waals surface area contributed by atoms with Gasteiger partial charge in [0.05, 0.1) is 0 Å². The highest BCUT2D eigenvalue weighted by Gasteiger charge is 2.10. The lowest BCUT2D eigenvalue weighted by molar-refractivity contribution is 0.468. The first-order valence-electron chi connectivity index (χ1n) is 6.66. The van der Waals surface area contributed by atoms with Gasteiger partial charge in [-0.15, -0.1) is 0 Å². The molecule has 0 heterocycles. The van der Waals surface area contributed by atoms with Crippen LogP contribution < -0.4 is 10.1 Å². The second-order valence-electron chi connectivity index (χ2n) is 4.67. The number of halogens is 3. The summed E-state index contributed by atoms with van der Waals surface area (Å²) in [5, 5.41) is 3.80. The summed E-state index contributed by atoms with van der Waals surface area (Å²) in [5.74, 6) is -0.851. The monoisotopic (exact) mass is 311 g/mol. The lowest BCUT2D eigenvalue weighted by atomic mass is 10.1. The van der Waals surface area contributed by atoms with Gasteiger partial charge in [-0.05, 0) is 31.2 Å². The van der Waals surface area contributed by atoms with Crippen molar-refractivity contribution in [2.75, 3.05) is 6.54 Å². The van der Waals surface area contributed by atoms with E-state index in [1.54, 1.807) is 12.1 Å². The largest absolute Gasteiger partial charge is 0.457 e. The van der Waals surface area contributed by atoms with Gasteiger partial charge < -0.3 is 10.1 Å². The van der Waals surface area contributed by atoms with Crippen molar-refractivity contribution in [2.24, 2.45) is 0 Å². The fourth-order valence-electron chi connectivity index (χ4n) is 2.06. The first kappa shape index (κ1) is 15.7. The van der Waals surface area contributed by atoms with E-state index < -0.39 is 11.6 Å². The van der Waals surface area contributed by atoms with Gasteiger partial charge in [0.15, 0.2) is 0 Å². The summed E-state index contributed by atoms with van der Waals surface area (Å²) in [5.41, 5.74) is 0.941. The van der Waals surface area contributed by atoms with E-state index in [0.29, 0.717) is 10.8 Å². The number of nitrogens with one attached hydrogen (secondary N) is 1. The number of ether oxygens (including phenoxy) is 1. The molecular formula is C16H16ClF2NO. The third-order valence-corrected chi connectivity index (χ3v) is 3.35. The zero-order valence-corrected chi connectivity index (χ0v) is 12.5. The summed E-state index contributed by atoms with van der Waals surface area (Å²) in [7, 11) is 0. The summed E-state index contributed by atoms with van der Waals surface area (Å²) >= 11 is 6.22. The van der Waals surface area contributed by atoms with Gasteiger partial charge in [0.25, 0.3) is 0 Å². The van der Waals surface area contributed by atoms with Crippen LogP contribution in [-0.2, 0) is 0 Å². The minimum atomic E-state index is -0.687. The molecule has 0 aliphatic heterocycles. The van der Waals surface area contributed by atoms with E-state index in [1.807, 2.05) is 19.9 Å². The lowest BCUT2D eigenvalue weighted by Gasteiger charge is -2.15. The number of benzene rings is 2. The van der Waals surface area contributed by atoms with Gasteiger partial charge in [-0.1, -0.05) is 24.6 Å². The molecule has 1 unspecified atom stereocenters. The molecule has 0 aliphatic carbocycles. The summed E-state index contributed by atoms with van der Waals surface area (Å²) in [4.78, 5) is 0. The van der Waals surface area contributed by atoms with Crippen LogP contribution in [0.3, 0.4) is 0 Å². The third-order valence-electron chi connectivity index (χ3n) is 3.02. The molecule has 21 heavy (non-hydrogen) atoms. The fraction of sp³-hybridized carbons (Fsp3) is 0.250. The second-order valence-corrected chi connectivity index (χ2v) is 5.08. The van der Waals surface area contributed by atoms with E-state index in [9.17, 15) is 8.78 Å². The summed E-state index contributed by atoms with van der Waals surface area (Å²) in [6.45, 7) is 4.85. The standard InChI is InChI=1S/C16H16ClF2NO/c1-3-20-10(2)15-5-4-13(9-16(15)17)21-14-7-11(18)6-12(19)8-14/h4-10,20H,3H2,1-2H3. The van der Waals surface area contributed by atoms with E-state index in [2.05, 4.69) is 5.32 Å². The highest BCUT2D eigenvalue weighted by molar-refractivity contribution is 6.31. The maximum absolute atomic E-state index is 13.1. The van der Waals surface area contributed by atoms with Gasteiger partial charge in [0.1, 0.15) is 23.1 Å². The SMILES string of the molecule is CCNC(C)c1ccc(Oc2cc(F)cc(F)c2)cc1Cl. The smallest absolute Gasteiger partial charge is 0.133 e. The molecule has 0 fully saturated rings. The summed E-state index contributed by atoms with van der Waals surface area (Å²) in [6.07, 6.45) is 0. The minimum Gasteiger partial charge on any atom is -0.457 e. The Balaban J connectivity index is 2.20. The predicted octanol–water partition coefficient (Wildman–Crippen LogP) is 5.08. The van der Waals surface area contributed by atoms with Crippen molar-refractivity contribution in [2.45, 2.75) is 19.9 Å². The maximum atomic E-state index is 13.1. The Morgan fingerprint density at radius 1 is 1.10 bits per heavy atom. The first-order chi connectivity index (χ1) is 9.99. The minimum absolute atomic E-state index is 0.0936. The Kier molecular flexibility index (Phi) is 5.15. The molecule has 2 rings (SSSR count). The molecule has 1 atom stereocenters. The van der Waals surface area contributed by atoms with E-state index in [0.717, 1.165) is 30.3 Å². The van der Waals surface area contributed by atoms with Gasteiger partial charge in [-0.25, -0.2) is 8.78 Å². The van der Waals surface area contributed by atoms with E-state index in [-0.39, 0.29) is 11.8 Å². The zero-order chi connectivity index (χ0) is 15.4. The molecular weight excluding hydrogens is 296 g/mol. The number of rotatable bonds is 5. The third kappa shape index (κ3) is 4.16. The van der Waals surface area contributed by atoms with Crippen molar-refractivity contribution in [1.29, 1.82) is 0 Å². The van der Waals surface area contributed by atoms with Gasteiger partial charge in [0.2, 0.25) is 0 Å². The van der Waals surface area contributed by atoms with E-state index in [1.165, 1.54) is 0 Å². The Morgan fingerprint density at radius 3 is 2.33 bits per heavy atom.